The predicted molar refractivity (Wildman–Crippen MR) is 100 cm³/mol. The summed E-state index contributed by atoms with van der Waals surface area (Å²) in [5.74, 6) is -1.05. The maximum Gasteiger partial charge on any atom is 0.240 e. The van der Waals surface area contributed by atoms with Crippen LogP contribution in [0.5, 0.6) is 0 Å². The summed E-state index contributed by atoms with van der Waals surface area (Å²) in [7, 11) is 1.43. The molecule has 2 fully saturated rings. The number of nitrogens with zero attached hydrogens (tertiary/aromatic N) is 2. The molecule has 1 aromatic rings. The number of hydrogen-bond donors (Lipinski definition) is 0. The average Bonchev–Trinajstić information content (AvgIpc) is 2.86. The molecule has 0 N–H and O–H groups in total. The fourth-order valence-corrected chi connectivity index (χ4v) is 4.40. The fourth-order valence-electron chi connectivity index (χ4n) is 4.09. The second kappa shape index (κ2) is 7.43. The molecule has 7 heteroatoms. The highest BCUT2D eigenvalue weighted by molar-refractivity contribution is 6.32. The molecule has 27 heavy (non-hydrogen) atoms. The van der Waals surface area contributed by atoms with E-state index >= 15 is 0 Å². The highest BCUT2D eigenvalue weighted by Crippen LogP contribution is 2.42. The first-order valence-electron chi connectivity index (χ1n) is 9.10. The first kappa shape index (κ1) is 19.5. The number of imide groups is 1. The third kappa shape index (κ3) is 3.50. The summed E-state index contributed by atoms with van der Waals surface area (Å²) in [4.78, 5) is 52.8. The van der Waals surface area contributed by atoms with E-state index in [0.717, 1.165) is 17.7 Å². The van der Waals surface area contributed by atoms with E-state index in [4.69, 9.17) is 11.6 Å². The van der Waals surface area contributed by atoms with Gasteiger partial charge in [-0.05, 0) is 31.4 Å². The Labute approximate surface area is 163 Å². The number of likely N-dealkylation sites (N-methyl/N-ethyl adjacent to an activating group) is 1. The van der Waals surface area contributed by atoms with Crippen LogP contribution >= 0.6 is 11.6 Å². The molecule has 0 saturated carbocycles. The van der Waals surface area contributed by atoms with Crippen molar-refractivity contribution in [3.63, 3.8) is 0 Å². The second-order valence-corrected chi connectivity index (χ2v) is 7.87. The van der Waals surface area contributed by atoms with Gasteiger partial charge in [0.15, 0.2) is 0 Å². The zero-order chi connectivity index (χ0) is 19.8. The summed E-state index contributed by atoms with van der Waals surface area (Å²) in [6.45, 7) is 2.46. The number of ketones is 1. The quantitative estimate of drug-likeness (QED) is 0.738. The predicted octanol–water partition coefficient (Wildman–Crippen LogP) is 2.18. The second-order valence-electron chi connectivity index (χ2n) is 7.46. The molecule has 2 saturated heterocycles. The van der Waals surface area contributed by atoms with E-state index in [9.17, 15) is 19.2 Å². The standard InChI is InChI=1S/C20H23ClN2O4/c1-13(24)14-6-5-9-23(12-14)18(26)11-20(10-17(25)22(2)19(20)27)15-7-3-4-8-16(15)21/h3-4,7-8,14H,5-6,9-12H2,1-2H3/t14-,20-/m1/s1. The van der Waals surface area contributed by atoms with Crippen molar-refractivity contribution in [3.8, 4) is 0 Å². The van der Waals surface area contributed by atoms with E-state index < -0.39 is 11.3 Å². The molecule has 0 radical (unpaired) electrons. The van der Waals surface area contributed by atoms with Gasteiger partial charge >= 0.3 is 0 Å². The number of hydrogen-bond acceptors (Lipinski definition) is 4. The minimum atomic E-state index is -1.29. The van der Waals surface area contributed by atoms with Crippen LogP contribution in [0.25, 0.3) is 0 Å². The minimum absolute atomic E-state index is 0.0696. The van der Waals surface area contributed by atoms with Crippen molar-refractivity contribution in [1.29, 1.82) is 0 Å². The summed E-state index contributed by atoms with van der Waals surface area (Å²) >= 11 is 6.34. The van der Waals surface area contributed by atoms with Gasteiger partial charge in [-0.15, -0.1) is 0 Å². The van der Waals surface area contributed by atoms with Crippen molar-refractivity contribution in [3.05, 3.63) is 34.9 Å². The minimum Gasteiger partial charge on any atom is -0.342 e. The number of carbonyl (C=O) groups is 4. The van der Waals surface area contributed by atoms with Gasteiger partial charge < -0.3 is 4.90 Å². The van der Waals surface area contributed by atoms with Crippen LogP contribution < -0.4 is 0 Å². The van der Waals surface area contributed by atoms with E-state index in [0.29, 0.717) is 23.7 Å². The molecule has 6 nitrogen and oxygen atoms in total. The van der Waals surface area contributed by atoms with Gasteiger partial charge in [-0.3, -0.25) is 24.1 Å². The lowest BCUT2D eigenvalue weighted by Gasteiger charge is -2.35. The molecular formula is C20H23ClN2O4. The highest BCUT2D eigenvalue weighted by Gasteiger charge is 2.53. The molecule has 1 aromatic carbocycles. The number of Topliss-reactive ketones (excluding diaryl/α,β-unsaturated/α-hetero) is 1. The molecule has 0 aliphatic carbocycles. The van der Waals surface area contributed by atoms with Crippen LogP contribution in [0.3, 0.4) is 0 Å². The van der Waals surface area contributed by atoms with Crippen LogP contribution in [0.2, 0.25) is 5.02 Å². The highest BCUT2D eigenvalue weighted by atomic mass is 35.5. The molecule has 0 aromatic heterocycles. The van der Waals surface area contributed by atoms with Crippen molar-refractivity contribution >= 4 is 35.1 Å². The largest absolute Gasteiger partial charge is 0.342 e. The van der Waals surface area contributed by atoms with Gasteiger partial charge in [0.2, 0.25) is 17.7 Å². The number of amides is 3. The number of halogens is 1. The Kier molecular flexibility index (Phi) is 5.38. The molecule has 3 amide bonds. The fraction of sp³-hybridized carbons (Fsp3) is 0.500. The number of likely N-dealkylation sites (tertiary alicyclic amines) is 2. The smallest absolute Gasteiger partial charge is 0.240 e. The van der Waals surface area contributed by atoms with Crippen LogP contribution in [-0.2, 0) is 24.6 Å². The molecule has 2 aliphatic rings. The summed E-state index contributed by atoms with van der Waals surface area (Å²) < 4.78 is 0. The van der Waals surface area contributed by atoms with Crippen LogP contribution in [0.1, 0.15) is 38.2 Å². The van der Waals surface area contributed by atoms with Crippen molar-refractivity contribution in [2.75, 3.05) is 20.1 Å². The SMILES string of the molecule is CC(=O)[C@@H]1CCCN(C(=O)C[C@@]2(c3ccccc3Cl)CC(=O)N(C)C2=O)C1. The van der Waals surface area contributed by atoms with Gasteiger partial charge in [0.1, 0.15) is 5.78 Å². The average molecular weight is 391 g/mol. The zero-order valence-corrected chi connectivity index (χ0v) is 16.3. The Morgan fingerprint density at radius 2 is 1.96 bits per heavy atom. The summed E-state index contributed by atoms with van der Waals surface area (Å²) in [6.07, 6.45) is 1.31. The molecule has 0 bridgehead atoms. The summed E-state index contributed by atoms with van der Waals surface area (Å²) in [5.41, 5.74) is -0.785. The Morgan fingerprint density at radius 1 is 1.26 bits per heavy atom. The summed E-state index contributed by atoms with van der Waals surface area (Å²) in [6, 6.07) is 6.85. The lowest BCUT2D eigenvalue weighted by molar-refractivity contribution is -0.142. The van der Waals surface area contributed by atoms with Crippen molar-refractivity contribution in [1.82, 2.24) is 9.80 Å². The maximum atomic E-state index is 13.1. The van der Waals surface area contributed by atoms with Gasteiger partial charge in [-0.1, -0.05) is 29.8 Å². The molecule has 2 aliphatic heterocycles. The van der Waals surface area contributed by atoms with Crippen LogP contribution in [0.4, 0.5) is 0 Å². The van der Waals surface area contributed by atoms with E-state index in [1.807, 2.05) is 0 Å². The number of rotatable bonds is 4. The van der Waals surface area contributed by atoms with Crippen molar-refractivity contribution in [2.45, 2.75) is 38.0 Å². The van der Waals surface area contributed by atoms with Crippen LogP contribution in [0.15, 0.2) is 24.3 Å². The van der Waals surface area contributed by atoms with Gasteiger partial charge in [-0.2, -0.15) is 0 Å². The molecule has 2 heterocycles. The molecule has 3 rings (SSSR count). The van der Waals surface area contributed by atoms with Gasteiger partial charge in [0, 0.05) is 43.9 Å². The Morgan fingerprint density at radius 3 is 2.56 bits per heavy atom. The first-order chi connectivity index (χ1) is 12.8. The Hall–Kier alpha value is -2.21. The lowest BCUT2D eigenvalue weighted by atomic mass is 9.75. The zero-order valence-electron chi connectivity index (χ0n) is 15.5. The van der Waals surface area contributed by atoms with Crippen LogP contribution in [-0.4, -0.2) is 53.4 Å². The molecule has 144 valence electrons. The van der Waals surface area contributed by atoms with E-state index in [1.165, 1.54) is 14.0 Å². The Balaban J connectivity index is 1.92. The van der Waals surface area contributed by atoms with Gasteiger partial charge in [0.05, 0.1) is 5.41 Å². The summed E-state index contributed by atoms with van der Waals surface area (Å²) in [5, 5.41) is 0.363. The first-order valence-corrected chi connectivity index (χ1v) is 9.48. The van der Waals surface area contributed by atoms with E-state index in [2.05, 4.69) is 0 Å². The number of piperidine rings is 1. The van der Waals surface area contributed by atoms with E-state index in [-0.39, 0.29) is 36.4 Å². The third-order valence-electron chi connectivity index (χ3n) is 5.73. The van der Waals surface area contributed by atoms with Crippen LogP contribution in [0, 0.1) is 5.92 Å². The molecule has 2 atom stereocenters. The normalized spacial score (nSPS) is 25.8. The molecule has 0 unspecified atom stereocenters. The molecule has 0 spiro atoms. The third-order valence-corrected chi connectivity index (χ3v) is 6.06. The van der Waals surface area contributed by atoms with Crippen molar-refractivity contribution in [2.24, 2.45) is 5.92 Å². The van der Waals surface area contributed by atoms with Crippen molar-refractivity contribution < 1.29 is 19.2 Å². The number of benzene rings is 1. The van der Waals surface area contributed by atoms with E-state index in [1.54, 1.807) is 29.2 Å². The Bertz CT molecular complexity index is 809. The maximum absolute atomic E-state index is 13.1. The molecular weight excluding hydrogens is 368 g/mol. The lowest BCUT2D eigenvalue weighted by Crippen LogP contribution is -2.46. The topological polar surface area (TPSA) is 74.8 Å². The van der Waals surface area contributed by atoms with Gasteiger partial charge in [0.25, 0.3) is 0 Å². The number of carbonyl (C=O) groups excluding carboxylic acids is 4. The monoisotopic (exact) mass is 390 g/mol. The van der Waals surface area contributed by atoms with Gasteiger partial charge in [-0.25, -0.2) is 0 Å².